The van der Waals surface area contributed by atoms with Gasteiger partial charge in [-0.25, -0.2) is 0 Å². The number of anilines is 1. The lowest BCUT2D eigenvalue weighted by Gasteiger charge is -2.28. The Morgan fingerprint density at radius 1 is 1.50 bits per heavy atom. The lowest BCUT2D eigenvalue weighted by molar-refractivity contribution is -0.122. The van der Waals surface area contributed by atoms with E-state index in [1.165, 1.54) is 0 Å². The first kappa shape index (κ1) is 14.9. The molecule has 4 nitrogen and oxygen atoms in total. The predicted molar refractivity (Wildman–Crippen MR) is 81.2 cm³/mol. The molecule has 1 aliphatic heterocycles. The van der Waals surface area contributed by atoms with Gasteiger partial charge in [0.15, 0.2) is 0 Å². The summed E-state index contributed by atoms with van der Waals surface area (Å²) in [5, 5.41) is 6.42. The maximum absolute atomic E-state index is 12.7. The smallest absolute Gasteiger partial charge is 0.244 e. The van der Waals surface area contributed by atoms with Gasteiger partial charge in [0, 0.05) is 0 Å². The van der Waals surface area contributed by atoms with Crippen LogP contribution in [0.4, 0.5) is 5.69 Å². The van der Waals surface area contributed by atoms with Crippen molar-refractivity contribution in [1.82, 2.24) is 5.32 Å². The molecule has 0 spiro atoms. The molecular formula is C16H24N2O2. The van der Waals surface area contributed by atoms with E-state index in [0.717, 1.165) is 43.5 Å². The van der Waals surface area contributed by atoms with E-state index in [0.29, 0.717) is 5.75 Å². The zero-order valence-electron chi connectivity index (χ0n) is 12.6. The third-order valence-corrected chi connectivity index (χ3v) is 3.96. The van der Waals surface area contributed by atoms with Crippen LogP contribution in [0.1, 0.15) is 38.2 Å². The van der Waals surface area contributed by atoms with E-state index in [9.17, 15) is 4.79 Å². The van der Waals surface area contributed by atoms with Crippen molar-refractivity contribution >= 4 is 11.6 Å². The fraction of sp³-hybridized carbons (Fsp3) is 0.562. The minimum absolute atomic E-state index is 0.0546. The van der Waals surface area contributed by atoms with Gasteiger partial charge in [-0.3, -0.25) is 4.79 Å². The maximum Gasteiger partial charge on any atom is 0.244 e. The van der Waals surface area contributed by atoms with Gasteiger partial charge in [0.05, 0.1) is 18.3 Å². The van der Waals surface area contributed by atoms with Crippen molar-refractivity contribution in [2.75, 3.05) is 19.0 Å². The number of hydrogen-bond donors (Lipinski definition) is 2. The van der Waals surface area contributed by atoms with Gasteiger partial charge in [0.1, 0.15) is 5.75 Å². The monoisotopic (exact) mass is 276 g/mol. The van der Waals surface area contributed by atoms with Gasteiger partial charge < -0.3 is 15.4 Å². The van der Waals surface area contributed by atoms with Gasteiger partial charge in [-0.2, -0.15) is 0 Å². The van der Waals surface area contributed by atoms with E-state index in [2.05, 4.69) is 17.6 Å². The molecule has 0 aromatic heterocycles. The van der Waals surface area contributed by atoms with Crippen molar-refractivity contribution in [3.8, 4) is 5.75 Å². The van der Waals surface area contributed by atoms with E-state index < -0.39 is 5.54 Å². The highest BCUT2D eigenvalue weighted by molar-refractivity contribution is 5.99. The molecular weight excluding hydrogens is 252 g/mol. The molecule has 0 aliphatic carbocycles. The van der Waals surface area contributed by atoms with E-state index >= 15 is 0 Å². The highest BCUT2D eigenvalue weighted by Gasteiger charge is 2.40. The van der Waals surface area contributed by atoms with E-state index in [-0.39, 0.29) is 5.91 Å². The van der Waals surface area contributed by atoms with Crippen molar-refractivity contribution in [3.63, 3.8) is 0 Å². The Bertz CT molecular complexity index is 479. The Balaban J connectivity index is 2.18. The summed E-state index contributed by atoms with van der Waals surface area (Å²) in [6.45, 7) is 5.03. The molecule has 1 unspecified atom stereocenters. The Morgan fingerprint density at radius 3 is 2.90 bits per heavy atom. The Labute approximate surface area is 120 Å². The molecule has 4 heteroatoms. The van der Waals surface area contributed by atoms with Crippen LogP contribution in [0.5, 0.6) is 5.75 Å². The van der Waals surface area contributed by atoms with Crippen LogP contribution in [-0.2, 0) is 4.79 Å². The molecule has 1 aliphatic rings. The first-order valence-corrected chi connectivity index (χ1v) is 7.32. The fourth-order valence-electron chi connectivity index (χ4n) is 2.90. The molecule has 0 bridgehead atoms. The number of ether oxygens (including phenoxy) is 1. The highest BCUT2D eigenvalue weighted by atomic mass is 16.5. The number of amides is 1. The van der Waals surface area contributed by atoms with E-state index in [1.807, 2.05) is 25.1 Å². The summed E-state index contributed by atoms with van der Waals surface area (Å²) >= 11 is 0. The predicted octanol–water partition coefficient (Wildman–Crippen LogP) is 2.86. The summed E-state index contributed by atoms with van der Waals surface area (Å²) in [6.07, 6.45) is 3.82. The number of methoxy groups -OCH3 is 1. The highest BCUT2D eigenvalue weighted by Crippen LogP contribution is 2.30. The molecule has 2 rings (SSSR count). The molecule has 1 heterocycles. The molecule has 2 N–H and O–H groups in total. The number of carbonyl (C=O) groups excluding carboxylic acids is 1. The Morgan fingerprint density at radius 2 is 2.30 bits per heavy atom. The van der Waals surface area contributed by atoms with Gasteiger partial charge in [-0.15, -0.1) is 0 Å². The lowest BCUT2D eigenvalue weighted by Crippen LogP contribution is -2.50. The zero-order chi connectivity index (χ0) is 14.6. The zero-order valence-corrected chi connectivity index (χ0v) is 12.6. The summed E-state index contributed by atoms with van der Waals surface area (Å²) in [6, 6.07) is 5.82. The number of hydrogen-bond acceptors (Lipinski definition) is 3. The van der Waals surface area contributed by atoms with Gasteiger partial charge in [0.25, 0.3) is 0 Å². The minimum Gasteiger partial charge on any atom is -0.495 e. The summed E-state index contributed by atoms with van der Waals surface area (Å²) in [4.78, 5) is 12.7. The summed E-state index contributed by atoms with van der Waals surface area (Å²) in [5.74, 6) is 0.766. The molecule has 1 amide bonds. The number of benzene rings is 1. The third kappa shape index (κ3) is 2.96. The van der Waals surface area contributed by atoms with Gasteiger partial charge in [-0.1, -0.05) is 19.4 Å². The second-order valence-corrected chi connectivity index (χ2v) is 5.52. The molecule has 1 atom stereocenters. The first-order valence-electron chi connectivity index (χ1n) is 7.32. The summed E-state index contributed by atoms with van der Waals surface area (Å²) < 4.78 is 5.35. The van der Waals surface area contributed by atoms with Crippen molar-refractivity contribution in [3.05, 3.63) is 23.8 Å². The number of aryl methyl sites for hydroxylation is 1. The van der Waals surface area contributed by atoms with Crippen LogP contribution in [0.3, 0.4) is 0 Å². The number of nitrogens with one attached hydrogen (secondary N) is 2. The van der Waals surface area contributed by atoms with Crippen molar-refractivity contribution in [2.45, 2.75) is 45.1 Å². The summed E-state index contributed by atoms with van der Waals surface area (Å²) in [5.41, 5.74) is 1.44. The van der Waals surface area contributed by atoms with Crippen LogP contribution in [0.15, 0.2) is 18.2 Å². The third-order valence-electron chi connectivity index (χ3n) is 3.96. The average Bonchev–Trinajstić information content (AvgIpc) is 2.91. The summed E-state index contributed by atoms with van der Waals surface area (Å²) in [7, 11) is 1.63. The molecule has 110 valence electrons. The molecule has 1 fully saturated rings. The fourth-order valence-corrected chi connectivity index (χ4v) is 2.90. The largest absolute Gasteiger partial charge is 0.495 e. The molecule has 1 saturated heterocycles. The number of carbonyl (C=O) groups is 1. The van der Waals surface area contributed by atoms with E-state index in [1.54, 1.807) is 7.11 Å². The topological polar surface area (TPSA) is 50.4 Å². The van der Waals surface area contributed by atoms with Crippen molar-refractivity contribution < 1.29 is 9.53 Å². The van der Waals surface area contributed by atoms with Gasteiger partial charge >= 0.3 is 0 Å². The second-order valence-electron chi connectivity index (χ2n) is 5.52. The minimum atomic E-state index is -0.412. The molecule has 1 aromatic rings. The lowest BCUT2D eigenvalue weighted by atomic mass is 9.90. The second kappa shape index (κ2) is 6.27. The van der Waals surface area contributed by atoms with Crippen LogP contribution in [0.25, 0.3) is 0 Å². The van der Waals surface area contributed by atoms with Crippen LogP contribution < -0.4 is 15.4 Å². The molecule has 0 saturated carbocycles. The molecule has 1 aromatic carbocycles. The van der Waals surface area contributed by atoms with Crippen molar-refractivity contribution in [2.24, 2.45) is 0 Å². The molecule has 20 heavy (non-hydrogen) atoms. The van der Waals surface area contributed by atoms with Crippen molar-refractivity contribution in [1.29, 1.82) is 0 Å². The van der Waals surface area contributed by atoms with Crippen LogP contribution in [0.2, 0.25) is 0 Å². The van der Waals surface area contributed by atoms with Crippen LogP contribution in [-0.4, -0.2) is 25.1 Å². The average molecular weight is 276 g/mol. The van der Waals surface area contributed by atoms with E-state index in [4.69, 9.17) is 4.74 Å². The van der Waals surface area contributed by atoms with Gasteiger partial charge in [-0.05, 0) is 50.4 Å². The Kier molecular flexibility index (Phi) is 4.65. The molecule has 0 radical (unpaired) electrons. The van der Waals surface area contributed by atoms with Crippen LogP contribution in [0, 0.1) is 6.92 Å². The van der Waals surface area contributed by atoms with Gasteiger partial charge in [0.2, 0.25) is 5.91 Å². The standard InChI is InChI=1S/C16H24N2O2/c1-4-8-16(9-5-10-17-16)15(19)18-13-7-6-12(2)11-14(13)20-3/h6-7,11,17H,4-5,8-10H2,1-3H3,(H,18,19). The SMILES string of the molecule is CCCC1(C(=O)Nc2ccc(C)cc2OC)CCCN1. The normalized spacial score (nSPS) is 21.8. The Hall–Kier alpha value is -1.55. The quantitative estimate of drug-likeness (QED) is 0.869. The first-order chi connectivity index (χ1) is 9.61. The van der Waals surface area contributed by atoms with Crippen LogP contribution >= 0.6 is 0 Å². The maximum atomic E-state index is 12.7. The number of rotatable bonds is 5.